The highest BCUT2D eigenvalue weighted by atomic mass is 79.9. The minimum absolute atomic E-state index is 0.308. The number of hydrogen-bond donors (Lipinski definition) is 1. The zero-order chi connectivity index (χ0) is 14.6. The van der Waals surface area contributed by atoms with Gasteiger partial charge in [0.1, 0.15) is 11.5 Å². The molecule has 0 saturated carbocycles. The van der Waals surface area contributed by atoms with E-state index in [2.05, 4.69) is 40.2 Å². The number of phenolic OH excluding ortho intramolecular Hbond substituents is 1. The lowest BCUT2D eigenvalue weighted by Crippen LogP contribution is -1.88. The Bertz CT molecular complexity index is 884. The summed E-state index contributed by atoms with van der Waals surface area (Å²) in [4.78, 5) is 0. The van der Waals surface area contributed by atoms with Crippen LogP contribution in [0.3, 0.4) is 0 Å². The Balaban J connectivity index is 2.13. The van der Waals surface area contributed by atoms with Gasteiger partial charge in [-0.25, -0.2) is 0 Å². The van der Waals surface area contributed by atoms with Crippen LogP contribution in [-0.4, -0.2) is 12.2 Å². The molecule has 3 aromatic rings. The lowest BCUT2D eigenvalue weighted by atomic mass is 9.97. The van der Waals surface area contributed by atoms with Gasteiger partial charge in [0, 0.05) is 5.39 Å². The first-order valence-corrected chi connectivity index (χ1v) is 7.58. The molecule has 0 saturated heterocycles. The van der Waals surface area contributed by atoms with Gasteiger partial charge in [0.15, 0.2) is 0 Å². The van der Waals surface area contributed by atoms with Gasteiger partial charge in [-0.1, -0.05) is 24.3 Å². The van der Waals surface area contributed by atoms with Crippen molar-refractivity contribution in [3.05, 3.63) is 58.1 Å². The van der Waals surface area contributed by atoms with Gasteiger partial charge < -0.3 is 9.84 Å². The fraction of sp³-hybridized carbons (Fsp3) is 0.111. The van der Waals surface area contributed by atoms with Gasteiger partial charge in [-0.05, 0) is 68.2 Å². The van der Waals surface area contributed by atoms with Crippen LogP contribution in [0.15, 0.2) is 46.9 Å². The van der Waals surface area contributed by atoms with Crippen LogP contribution in [0.5, 0.6) is 11.5 Å². The van der Waals surface area contributed by atoms with Crippen LogP contribution in [0.25, 0.3) is 21.9 Å². The topological polar surface area (TPSA) is 29.5 Å². The molecule has 21 heavy (non-hydrogen) atoms. The van der Waals surface area contributed by atoms with Gasteiger partial charge in [-0.2, -0.15) is 0 Å². The first-order chi connectivity index (χ1) is 10.2. The molecule has 104 valence electrons. The molecule has 4 rings (SSSR count). The van der Waals surface area contributed by atoms with Crippen LogP contribution in [0.4, 0.5) is 0 Å². The molecule has 0 fully saturated rings. The van der Waals surface area contributed by atoms with E-state index in [1.807, 2.05) is 18.2 Å². The van der Waals surface area contributed by atoms with E-state index in [1.165, 1.54) is 22.3 Å². The summed E-state index contributed by atoms with van der Waals surface area (Å²) in [6, 6.07) is 14.2. The number of hydrogen-bond acceptors (Lipinski definition) is 2. The zero-order valence-electron chi connectivity index (χ0n) is 11.5. The van der Waals surface area contributed by atoms with Gasteiger partial charge >= 0.3 is 0 Å². The molecule has 1 aliphatic rings. The van der Waals surface area contributed by atoms with E-state index in [1.54, 1.807) is 7.11 Å². The third-order valence-corrected chi connectivity index (χ3v) is 4.76. The van der Waals surface area contributed by atoms with Gasteiger partial charge in [0.2, 0.25) is 0 Å². The Kier molecular flexibility index (Phi) is 2.73. The second kappa shape index (κ2) is 4.50. The van der Waals surface area contributed by atoms with Gasteiger partial charge in [-0.15, -0.1) is 0 Å². The first-order valence-electron chi connectivity index (χ1n) is 6.79. The highest BCUT2D eigenvalue weighted by molar-refractivity contribution is 9.10. The Hall–Kier alpha value is -2.00. The molecule has 0 unspecified atom stereocenters. The smallest absolute Gasteiger partial charge is 0.133 e. The number of aromatic hydroxyl groups is 1. The maximum Gasteiger partial charge on any atom is 0.133 e. The molecule has 3 aromatic carbocycles. The molecule has 0 amide bonds. The van der Waals surface area contributed by atoms with Crippen molar-refractivity contribution in [1.82, 2.24) is 0 Å². The predicted octanol–water partition coefficient (Wildman–Crippen LogP) is 4.89. The lowest BCUT2D eigenvalue weighted by Gasteiger charge is -2.12. The molecule has 2 nitrogen and oxygen atoms in total. The summed E-state index contributed by atoms with van der Waals surface area (Å²) in [6.45, 7) is 0. The average Bonchev–Trinajstić information content (AvgIpc) is 2.84. The monoisotopic (exact) mass is 340 g/mol. The van der Waals surface area contributed by atoms with E-state index in [9.17, 15) is 5.11 Å². The van der Waals surface area contributed by atoms with Crippen molar-refractivity contribution in [2.24, 2.45) is 0 Å². The quantitative estimate of drug-likeness (QED) is 0.534. The SMILES string of the molecule is COc1cc2c(O)cc3c(c2cc1Br)-c1ccccc1C3. The number of halogens is 1. The summed E-state index contributed by atoms with van der Waals surface area (Å²) < 4.78 is 6.24. The lowest BCUT2D eigenvalue weighted by molar-refractivity contribution is 0.412. The van der Waals surface area contributed by atoms with Crippen molar-refractivity contribution in [3.63, 3.8) is 0 Å². The first kappa shape index (κ1) is 12.7. The summed E-state index contributed by atoms with van der Waals surface area (Å²) in [6.07, 6.45) is 0.874. The molecule has 0 aromatic heterocycles. The van der Waals surface area contributed by atoms with Crippen molar-refractivity contribution < 1.29 is 9.84 Å². The average molecular weight is 341 g/mol. The minimum Gasteiger partial charge on any atom is -0.507 e. The normalized spacial score (nSPS) is 12.3. The second-order valence-electron chi connectivity index (χ2n) is 5.30. The number of benzene rings is 3. The van der Waals surface area contributed by atoms with Crippen molar-refractivity contribution >= 4 is 26.7 Å². The maximum atomic E-state index is 10.4. The van der Waals surface area contributed by atoms with Crippen LogP contribution in [0.1, 0.15) is 11.1 Å². The molecule has 0 aliphatic heterocycles. The van der Waals surface area contributed by atoms with Gasteiger partial charge in [-0.3, -0.25) is 0 Å². The van der Waals surface area contributed by atoms with Crippen molar-refractivity contribution in [3.8, 4) is 22.6 Å². The van der Waals surface area contributed by atoms with E-state index in [-0.39, 0.29) is 0 Å². The molecule has 0 bridgehead atoms. The largest absolute Gasteiger partial charge is 0.507 e. The van der Waals surface area contributed by atoms with E-state index in [4.69, 9.17) is 4.74 Å². The standard InChI is InChI=1S/C18H13BrO2/c1-21-17-9-13-14(8-15(17)19)18-11(7-16(13)20)6-10-4-2-3-5-12(10)18/h2-5,7-9,20H,6H2,1H3. The van der Waals surface area contributed by atoms with Crippen LogP contribution >= 0.6 is 15.9 Å². The number of phenols is 1. The summed E-state index contributed by atoms with van der Waals surface area (Å²) in [5.41, 5.74) is 4.97. The van der Waals surface area contributed by atoms with Crippen molar-refractivity contribution in [2.45, 2.75) is 6.42 Å². The summed E-state index contributed by atoms with van der Waals surface area (Å²) in [5, 5.41) is 12.2. The Morgan fingerprint density at radius 3 is 2.67 bits per heavy atom. The number of fused-ring (bicyclic) bond motifs is 5. The number of rotatable bonds is 1. The summed E-state index contributed by atoms with van der Waals surface area (Å²) in [5.74, 6) is 1.03. The van der Waals surface area contributed by atoms with Gasteiger partial charge in [0.25, 0.3) is 0 Å². The molecule has 0 atom stereocenters. The third-order valence-electron chi connectivity index (χ3n) is 4.14. The van der Waals surface area contributed by atoms with E-state index in [0.717, 1.165) is 27.4 Å². The van der Waals surface area contributed by atoms with E-state index in [0.29, 0.717) is 5.75 Å². The number of methoxy groups -OCH3 is 1. The van der Waals surface area contributed by atoms with Crippen LogP contribution < -0.4 is 4.74 Å². The van der Waals surface area contributed by atoms with E-state index < -0.39 is 0 Å². The molecule has 0 heterocycles. The third kappa shape index (κ3) is 1.77. The Morgan fingerprint density at radius 1 is 1.05 bits per heavy atom. The highest BCUT2D eigenvalue weighted by Gasteiger charge is 2.23. The van der Waals surface area contributed by atoms with E-state index >= 15 is 0 Å². The summed E-state index contributed by atoms with van der Waals surface area (Å²) in [7, 11) is 1.63. The van der Waals surface area contributed by atoms with Crippen molar-refractivity contribution in [2.75, 3.05) is 7.11 Å². The molecular weight excluding hydrogens is 328 g/mol. The van der Waals surface area contributed by atoms with Crippen LogP contribution in [0, 0.1) is 0 Å². The minimum atomic E-state index is 0.308. The molecule has 3 heteroatoms. The zero-order valence-corrected chi connectivity index (χ0v) is 13.1. The Labute approximate surface area is 131 Å². The summed E-state index contributed by atoms with van der Waals surface area (Å²) >= 11 is 3.54. The van der Waals surface area contributed by atoms with Crippen LogP contribution in [0.2, 0.25) is 0 Å². The molecular formula is C18H13BrO2. The second-order valence-corrected chi connectivity index (χ2v) is 6.15. The number of ether oxygens (including phenoxy) is 1. The molecule has 0 spiro atoms. The molecule has 1 N–H and O–H groups in total. The highest BCUT2D eigenvalue weighted by Crippen LogP contribution is 2.46. The predicted molar refractivity (Wildman–Crippen MR) is 88.1 cm³/mol. The fourth-order valence-electron chi connectivity index (χ4n) is 3.20. The molecule has 0 radical (unpaired) electrons. The van der Waals surface area contributed by atoms with Crippen LogP contribution in [-0.2, 0) is 6.42 Å². The fourth-order valence-corrected chi connectivity index (χ4v) is 3.70. The van der Waals surface area contributed by atoms with Crippen molar-refractivity contribution in [1.29, 1.82) is 0 Å². The Morgan fingerprint density at radius 2 is 1.86 bits per heavy atom. The maximum absolute atomic E-state index is 10.4. The molecule has 1 aliphatic carbocycles. The van der Waals surface area contributed by atoms with Gasteiger partial charge in [0.05, 0.1) is 11.6 Å².